The number of hydrogen-bond donors (Lipinski definition) is 1. The van der Waals surface area contributed by atoms with Crippen LogP contribution in [0.4, 0.5) is 5.69 Å². The molecule has 1 N–H and O–H groups in total. The van der Waals surface area contributed by atoms with E-state index in [2.05, 4.69) is 31.0 Å². The van der Waals surface area contributed by atoms with E-state index in [9.17, 15) is 9.59 Å². The second-order valence-corrected chi connectivity index (χ2v) is 10.2. The summed E-state index contributed by atoms with van der Waals surface area (Å²) in [5, 5.41) is 3.11. The number of carbonyl (C=O) groups excluding carboxylic acids is 2. The lowest BCUT2D eigenvalue weighted by Gasteiger charge is -2.41. The van der Waals surface area contributed by atoms with Crippen LogP contribution in [0.2, 0.25) is 0 Å². The fourth-order valence-electron chi connectivity index (χ4n) is 4.86. The third-order valence-electron chi connectivity index (χ3n) is 6.48. The third kappa shape index (κ3) is 6.37. The van der Waals surface area contributed by atoms with E-state index in [0.717, 1.165) is 25.9 Å². The van der Waals surface area contributed by atoms with Crippen LogP contribution in [0.5, 0.6) is 11.5 Å². The lowest BCUT2D eigenvalue weighted by molar-refractivity contribution is -0.136. The second-order valence-electron chi connectivity index (χ2n) is 10.2. The van der Waals surface area contributed by atoms with Crippen LogP contribution in [0.3, 0.4) is 0 Å². The topological polar surface area (TPSA) is 71.1 Å². The SMILES string of the molecule is COc1cc(NC(=O)[C@H](C2CCCC2)N2CCN(C(=O)CC(C)(C)C)CC2)cc(OC)c1. The van der Waals surface area contributed by atoms with Gasteiger partial charge < -0.3 is 19.7 Å². The zero-order valence-corrected chi connectivity index (χ0v) is 20.3. The van der Waals surface area contributed by atoms with Crippen LogP contribution in [-0.2, 0) is 9.59 Å². The molecule has 0 aromatic heterocycles. The zero-order valence-electron chi connectivity index (χ0n) is 20.3. The number of benzene rings is 1. The molecule has 2 aliphatic rings. The lowest BCUT2D eigenvalue weighted by Crippen LogP contribution is -2.57. The molecule has 7 nitrogen and oxygen atoms in total. The van der Waals surface area contributed by atoms with Gasteiger partial charge in [-0.2, -0.15) is 0 Å². The average Bonchev–Trinajstić information content (AvgIpc) is 3.27. The van der Waals surface area contributed by atoms with Gasteiger partial charge in [0.05, 0.1) is 20.3 Å². The smallest absolute Gasteiger partial charge is 0.242 e. The van der Waals surface area contributed by atoms with Gasteiger partial charge in [-0.3, -0.25) is 14.5 Å². The molecule has 1 atom stereocenters. The van der Waals surface area contributed by atoms with Crippen molar-refractivity contribution in [3.05, 3.63) is 18.2 Å². The molecule has 2 fully saturated rings. The highest BCUT2D eigenvalue weighted by atomic mass is 16.5. The van der Waals surface area contributed by atoms with Crippen molar-refractivity contribution >= 4 is 17.5 Å². The van der Waals surface area contributed by atoms with Crippen molar-refractivity contribution in [2.24, 2.45) is 11.3 Å². The zero-order chi connectivity index (χ0) is 23.3. The molecule has 1 heterocycles. The first-order chi connectivity index (χ1) is 15.2. The number of anilines is 1. The van der Waals surface area contributed by atoms with Gasteiger partial charge in [-0.1, -0.05) is 33.6 Å². The summed E-state index contributed by atoms with van der Waals surface area (Å²) < 4.78 is 10.7. The van der Waals surface area contributed by atoms with E-state index in [1.165, 1.54) is 12.8 Å². The normalized spacial score (nSPS) is 19.0. The Morgan fingerprint density at radius 3 is 2.06 bits per heavy atom. The summed E-state index contributed by atoms with van der Waals surface area (Å²) in [7, 11) is 3.20. The van der Waals surface area contributed by atoms with Gasteiger partial charge in [0.25, 0.3) is 0 Å². The molecule has 2 amide bonds. The summed E-state index contributed by atoms with van der Waals surface area (Å²) in [6.07, 6.45) is 5.04. The van der Waals surface area contributed by atoms with Crippen LogP contribution in [0.15, 0.2) is 18.2 Å². The average molecular weight is 446 g/mol. The van der Waals surface area contributed by atoms with Crippen molar-refractivity contribution in [2.45, 2.75) is 58.9 Å². The van der Waals surface area contributed by atoms with E-state index in [-0.39, 0.29) is 23.3 Å². The maximum absolute atomic E-state index is 13.5. The van der Waals surface area contributed by atoms with Crippen molar-refractivity contribution in [1.29, 1.82) is 0 Å². The largest absolute Gasteiger partial charge is 0.497 e. The minimum atomic E-state index is -0.186. The summed E-state index contributed by atoms with van der Waals surface area (Å²) in [6.45, 7) is 9.09. The number of amides is 2. The maximum Gasteiger partial charge on any atom is 0.242 e. The molecular formula is C25H39N3O4. The molecular weight excluding hydrogens is 406 g/mol. The van der Waals surface area contributed by atoms with Gasteiger partial charge in [0, 0.05) is 56.5 Å². The van der Waals surface area contributed by atoms with E-state index in [1.54, 1.807) is 20.3 Å². The van der Waals surface area contributed by atoms with Gasteiger partial charge >= 0.3 is 0 Å². The van der Waals surface area contributed by atoms with Crippen molar-refractivity contribution in [3.63, 3.8) is 0 Å². The van der Waals surface area contributed by atoms with E-state index in [0.29, 0.717) is 42.6 Å². The molecule has 1 aliphatic carbocycles. The Hall–Kier alpha value is -2.28. The first-order valence-corrected chi connectivity index (χ1v) is 11.8. The number of nitrogens with zero attached hydrogens (tertiary/aromatic N) is 2. The quantitative estimate of drug-likeness (QED) is 0.692. The Morgan fingerprint density at radius 2 is 1.56 bits per heavy atom. The lowest BCUT2D eigenvalue weighted by atomic mass is 9.91. The molecule has 3 rings (SSSR count). The van der Waals surface area contributed by atoms with Crippen LogP contribution < -0.4 is 14.8 Å². The summed E-state index contributed by atoms with van der Waals surface area (Å²) in [4.78, 5) is 30.4. The fourth-order valence-corrected chi connectivity index (χ4v) is 4.86. The van der Waals surface area contributed by atoms with Gasteiger partial charge in [-0.25, -0.2) is 0 Å². The van der Waals surface area contributed by atoms with Crippen LogP contribution >= 0.6 is 0 Å². The van der Waals surface area contributed by atoms with E-state index < -0.39 is 0 Å². The van der Waals surface area contributed by atoms with Crippen LogP contribution in [0, 0.1) is 11.3 Å². The number of piperazine rings is 1. The van der Waals surface area contributed by atoms with E-state index >= 15 is 0 Å². The van der Waals surface area contributed by atoms with Crippen LogP contribution in [0.1, 0.15) is 52.9 Å². The van der Waals surface area contributed by atoms with Crippen molar-refractivity contribution in [1.82, 2.24) is 9.80 Å². The predicted octanol–water partition coefficient (Wildman–Crippen LogP) is 3.78. The summed E-state index contributed by atoms with van der Waals surface area (Å²) >= 11 is 0. The first kappa shape index (κ1) is 24.4. The van der Waals surface area contributed by atoms with Gasteiger partial charge in [0.15, 0.2) is 0 Å². The van der Waals surface area contributed by atoms with Crippen molar-refractivity contribution in [2.75, 3.05) is 45.7 Å². The Morgan fingerprint density at radius 1 is 1.00 bits per heavy atom. The third-order valence-corrected chi connectivity index (χ3v) is 6.48. The number of methoxy groups -OCH3 is 2. The maximum atomic E-state index is 13.5. The first-order valence-electron chi connectivity index (χ1n) is 11.8. The van der Waals surface area contributed by atoms with E-state index in [1.807, 2.05) is 17.0 Å². The Balaban J connectivity index is 1.70. The highest BCUT2D eigenvalue weighted by molar-refractivity contribution is 5.95. The second kappa shape index (κ2) is 10.6. The number of carbonyl (C=O) groups is 2. The summed E-state index contributed by atoms with van der Waals surface area (Å²) in [5.41, 5.74) is 0.659. The fraction of sp³-hybridized carbons (Fsp3) is 0.680. The molecule has 0 unspecified atom stereocenters. The Labute approximate surface area is 192 Å². The molecule has 1 aromatic rings. The molecule has 0 radical (unpaired) electrons. The number of rotatable bonds is 7. The predicted molar refractivity (Wildman–Crippen MR) is 126 cm³/mol. The molecule has 178 valence electrons. The standard InChI is InChI=1S/C25H39N3O4/c1-25(2,3)17-22(29)27-10-12-28(13-11-27)23(18-8-6-7-9-18)24(30)26-19-14-20(31-4)16-21(15-19)32-5/h14-16,18,23H,6-13,17H2,1-5H3,(H,26,30)/t23-/m0/s1. The summed E-state index contributed by atoms with van der Waals surface area (Å²) in [6, 6.07) is 5.23. The molecule has 32 heavy (non-hydrogen) atoms. The Kier molecular flexibility index (Phi) is 8.04. The molecule has 7 heteroatoms. The van der Waals surface area contributed by atoms with Crippen LogP contribution in [0.25, 0.3) is 0 Å². The van der Waals surface area contributed by atoms with Gasteiger partial charge in [0.2, 0.25) is 11.8 Å². The number of hydrogen-bond acceptors (Lipinski definition) is 5. The molecule has 0 bridgehead atoms. The van der Waals surface area contributed by atoms with Gasteiger partial charge in [-0.15, -0.1) is 0 Å². The highest BCUT2D eigenvalue weighted by Crippen LogP contribution is 2.33. The van der Waals surface area contributed by atoms with Crippen molar-refractivity contribution in [3.8, 4) is 11.5 Å². The molecule has 1 saturated carbocycles. The monoisotopic (exact) mass is 445 g/mol. The minimum absolute atomic E-state index is 0.0154. The molecule has 0 spiro atoms. The molecule has 1 aromatic carbocycles. The molecule has 1 saturated heterocycles. The molecule has 1 aliphatic heterocycles. The van der Waals surface area contributed by atoms with Gasteiger partial charge in [0.1, 0.15) is 11.5 Å². The summed E-state index contributed by atoms with van der Waals surface area (Å²) in [5.74, 6) is 1.86. The number of ether oxygens (including phenoxy) is 2. The minimum Gasteiger partial charge on any atom is -0.497 e. The van der Waals surface area contributed by atoms with Gasteiger partial charge in [-0.05, 0) is 24.2 Å². The van der Waals surface area contributed by atoms with Crippen LogP contribution in [-0.4, -0.2) is 68.1 Å². The number of nitrogens with one attached hydrogen (secondary N) is 1. The van der Waals surface area contributed by atoms with E-state index in [4.69, 9.17) is 9.47 Å². The highest BCUT2D eigenvalue weighted by Gasteiger charge is 2.37. The Bertz CT molecular complexity index is 769. The van der Waals surface area contributed by atoms with Crippen molar-refractivity contribution < 1.29 is 19.1 Å².